The predicted octanol–water partition coefficient (Wildman–Crippen LogP) is 0.143. The summed E-state index contributed by atoms with van der Waals surface area (Å²) in [7, 11) is 1.81. The summed E-state index contributed by atoms with van der Waals surface area (Å²) in [4.78, 5) is 24.9. The second-order valence-corrected chi connectivity index (χ2v) is 4.46. The van der Waals surface area contributed by atoms with Gasteiger partial charge >= 0.3 is 0 Å². The van der Waals surface area contributed by atoms with Crippen molar-refractivity contribution in [1.82, 2.24) is 15.5 Å². The molecule has 0 saturated carbocycles. The number of hydrogen-bond acceptors (Lipinski definition) is 3. The Bertz CT molecular complexity index is 271. The van der Waals surface area contributed by atoms with Gasteiger partial charge in [0, 0.05) is 32.0 Å². The van der Waals surface area contributed by atoms with Gasteiger partial charge in [-0.1, -0.05) is 0 Å². The number of nitrogens with one attached hydrogen (secondary N) is 2. The molecule has 1 fully saturated rings. The van der Waals surface area contributed by atoms with Crippen molar-refractivity contribution in [2.75, 3.05) is 20.1 Å². The van der Waals surface area contributed by atoms with Crippen LogP contribution in [0.15, 0.2) is 0 Å². The molecule has 2 N–H and O–H groups in total. The molecule has 100 valence electrons. The maximum atomic E-state index is 11.6. The van der Waals surface area contributed by atoms with Crippen molar-refractivity contribution in [2.45, 2.75) is 38.8 Å². The summed E-state index contributed by atoms with van der Waals surface area (Å²) in [5, 5.41) is 5.81. The number of halogens is 1. The van der Waals surface area contributed by atoms with Crippen molar-refractivity contribution in [1.29, 1.82) is 0 Å². The van der Waals surface area contributed by atoms with Crippen LogP contribution in [0.25, 0.3) is 0 Å². The SMILES string of the molecule is CNCCC(=O)NC1CC(=O)N(C(C)C)C1.Cl. The zero-order valence-electron chi connectivity index (χ0n) is 10.7. The van der Waals surface area contributed by atoms with Gasteiger partial charge in [0.2, 0.25) is 11.8 Å². The molecule has 1 atom stereocenters. The van der Waals surface area contributed by atoms with E-state index in [1.807, 2.05) is 25.8 Å². The summed E-state index contributed by atoms with van der Waals surface area (Å²) in [5.41, 5.74) is 0. The average molecular weight is 264 g/mol. The molecule has 0 aromatic rings. The predicted molar refractivity (Wildman–Crippen MR) is 69.2 cm³/mol. The van der Waals surface area contributed by atoms with Crippen molar-refractivity contribution in [2.24, 2.45) is 0 Å². The number of likely N-dealkylation sites (tertiary alicyclic amines) is 1. The van der Waals surface area contributed by atoms with Gasteiger partial charge in [0.15, 0.2) is 0 Å². The van der Waals surface area contributed by atoms with Crippen molar-refractivity contribution < 1.29 is 9.59 Å². The smallest absolute Gasteiger partial charge is 0.225 e. The fourth-order valence-electron chi connectivity index (χ4n) is 1.87. The van der Waals surface area contributed by atoms with Crippen molar-refractivity contribution in [3.05, 3.63) is 0 Å². The van der Waals surface area contributed by atoms with Crippen LogP contribution in [0, 0.1) is 0 Å². The minimum atomic E-state index is -0.0146. The highest BCUT2D eigenvalue weighted by Crippen LogP contribution is 2.14. The molecule has 2 amide bonds. The lowest BCUT2D eigenvalue weighted by atomic mass is 10.2. The molecule has 1 unspecified atom stereocenters. The molecular weight excluding hydrogens is 242 g/mol. The quantitative estimate of drug-likeness (QED) is 0.742. The van der Waals surface area contributed by atoms with Crippen LogP contribution in [0.4, 0.5) is 0 Å². The van der Waals surface area contributed by atoms with Crippen LogP contribution in [0.3, 0.4) is 0 Å². The molecule has 17 heavy (non-hydrogen) atoms. The van der Waals surface area contributed by atoms with Crippen LogP contribution in [0.1, 0.15) is 26.7 Å². The highest BCUT2D eigenvalue weighted by atomic mass is 35.5. The number of rotatable bonds is 5. The van der Waals surface area contributed by atoms with Gasteiger partial charge in [-0.25, -0.2) is 0 Å². The Morgan fingerprint density at radius 3 is 2.65 bits per heavy atom. The van der Waals surface area contributed by atoms with E-state index in [0.29, 0.717) is 25.9 Å². The molecule has 0 aliphatic carbocycles. The van der Waals surface area contributed by atoms with Gasteiger partial charge in [-0.15, -0.1) is 12.4 Å². The molecule has 1 aliphatic heterocycles. The molecule has 0 aromatic heterocycles. The van der Waals surface area contributed by atoms with Crippen LogP contribution in [-0.4, -0.2) is 48.9 Å². The van der Waals surface area contributed by atoms with E-state index in [0.717, 1.165) is 0 Å². The first-order chi connectivity index (χ1) is 7.54. The minimum absolute atomic E-state index is 0. The zero-order valence-corrected chi connectivity index (χ0v) is 11.5. The summed E-state index contributed by atoms with van der Waals surface area (Å²) < 4.78 is 0. The zero-order chi connectivity index (χ0) is 12.1. The number of amides is 2. The monoisotopic (exact) mass is 263 g/mol. The fraction of sp³-hybridized carbons (Fsp3) is 0.818. The highest BCUT2D eigenvalue weighted by molar-refractivity contribution is 5.85. The highest BCUT2D eigenvalue weighted by Gasteiger charge is 2.31. The van der Waals surface area contributed by atoms with Crippen LogP contribution in [-0.2, 0) is 9.59 Å². The number of carbonyl (C=O) groups is 2. The Morgan fingerprint density at radius 2 is 2.18 bits per heavy atom. The topological polar surface area (TPSA) is 61.4 Å². The van der Waals surface area contributed by atoms with Gasteiger partial charge in [0.1, 0.15) is 0 Å². The summed E-state index contributed by atoms with van der Waals surface area (Å²) in [6, 6.07) is 0.200. The maximum Gasteiger partial charge on any atom is 0.225 e. The van der Waals surface area contributed by atoms with E-state index in [4.69, 9.17) is 0 Å². The molecule has 0 bridgehead atoms. The van der Waals surface area contributed by atoms with E-state index in [9.17, 15) is 9.59 Å². The second kappa shape index (κ2) is 7.50. The van der Waals surface area contributed by atoms with E-state index in [1.54, 1.807) is 0 Å². The largest absolute Gasteiger partial charge is 0.351 e. The fourth-order valence-corrected chi connectivity index (χ4v) is 1.87. The van der Waals surface area contributed by atoms with Crippen LogP contribution >= 0.6 is 12.4 Å². The molecule has 5 nitrogen and oxygen atoms in total. The Hall–Kier alpha value is -0.810. The third-order valence-electron chi connectivity index (χ3n) is 2.75. The lowest BCUT2D eigenvalue weighted by Gasteiger charge is -2.21. The van der Waals surface area contributed by atoms with Crippen LogP contribution in [0.2, 0.25) is 0 Å². The number of nitrogens with zero attached hydrogens (tertiary/aromatic N) is 1. The first-order valence-corrected chi connectivity index (χ1v) is 5.78. The lowest BCUT2D eigenvalue weighted by molar-refractivity contribution is -0.129. The standard InChI is InChI=1S/C11H21N3O2.ClH/c1-8(2)14-7-9(6-11(14)16)13-10(15)4-5-12-3;/h8-9,12H,4-7H2,1-3H3,(H,13,15);1H. The van der Waals surface area contributed by atoms with Gasteiger partial charge in [-0.3, -0.25) is 9.59 Å². The Morgan fingerprint density at radius 1 is 1.53 bits per heavy atom. The summed E-state index contributed by atoms with van der Waals surface area (Å²) in [6.45, 7) is 5.29. The Kier molecular flexibility index (Phi) is 7.15. The van der Waals surface area contributed by atoms with E-state index < -0.39 is 0 Å². The second-order valence-electron chi connectivity index (χ2n) is 4.46. The van der Waals surface area contributed by atoms with Crippen molar-refractivity contribution in [3.63, 3.8) is 0 Å². The molecule has 1 heterocycles. The van der Waals surface area contributed by atoms with Gasteiger partial charge in [-0.05, 0) is 20.9 Å². The molecule has 0 aromatic carbocycles. The first kappa shape index (κ1) is 16.2. The van der Waals surface area contributed by atoms with Crippen LogP contribution < -0.4 is 10.6 Å². The van der Waals surface area contributed by atoms with Crippen LogP contribution in [0.5, 0.6) is 0 Å². The molecule has 1 aliphatic rings. The van der Waals surface area contributed by atoms with Crippen molar-refractivity contribution in [3.8, 4) is 0 Å². The van der Waals surface area contributed by atoms with Gasteiger partial charge in [0.05, 0.1) is 6.04 Å². The van der Waals surface area contributed by atoms with E-state index in [-0.39, 0.29) is 36.3 Å². The number of carbonyl (C=O) groups excluding carboxylic acids is 2. The molecule has 1 rings (SSSR count). The first-order valence-electron chi connectivity index (χ1n) is 5.78. The summed E-state index contributed by atoms with van der Waals surface area (Å²) >= 11 is 0. The van der Waals surface area contributed by atoms with Crippen molar-refractivity contribution >= 4 is 24.2 Å². The average Bonchev–Trinajstić information content (AvgIpc) is 2.56. The van der Waals surface area contributed by atoms with Gasteiger partial charge in [-0.2, -0.15) is 0 Å². The molecule has 0 spiro atoms. The Labute approximate surface area is 109 Å². The van der Waals surface area contributed by atoms with Gasteiger partial charge < -0.3 is 15.5 Å². The van der Waals surface area contributed by atoms with E-state index in [2.05, 4.69) is 10.6 Å². The third kappa shape index (κ3) is 4.91. The van der Waals surface area contributed by atoms with E-state index >= 15 is 0 Å². The normalized spacial score (nSPS) is 19.4. The minimum Gasteiger partial charge on any atom is -0.351 e. The maximum absolute atomic E-state index is 11.6. The summed E-state index contributed by atoms with van der Waals surface area (Å²) in [5.74, 6) is 0.145. The molecular formula is C11H22ClN3O2. The third-order valence-corrected chi connectivity index (χ3v) is 2.75. The molecule has 1 saturated heterocycles. The molecule has 6 heteroatoms. The Balaban J connectivity index is 0.00000256. The van der Waals surface area contributed by atoms with Gasteiger partial charge in [0.25, 0.3) is 0 Å². The lowest BCUT2D eigenvalue weighted by Crippen LogP contribution is -2.39. The summed E-state index contributed by atoms with van der Waals surface area (Å²) in [6.07, 6.45) is 0.895. The molecule has 0 radical (unpaired) electrons. The number of hydrogen-bond donors (Lipinski definition) is 2. The van der Waals surface area contributed by atoms with E-state index in [1.165, 1.54) is 0 Å².